The second kappa shape index (κ2) is 8.07. The van der Waals surface area contributed by atoms with Gasteiger partial charge in [-0.25, -0.2) is 14.7 Å². The number of esters is 1. The molecular weight excluding hydrogens is 382 g/mol. The molecule has 0 radical (unpaired) electrons. The predicted octanol–water partition coefficient (Wildman–Crippen LogP) is 4.16. The molecule has 1 aromatic carbocycles. The molecule has 0 fully saturated rings. The van der Waals surface area contributed by atoms with Gasteiger partial charge in [0.05, 0.1) is 5.57 Å². The number of carbonyl (C=O) groups is 2. The third-order valence-corrected chi connectivity index (χ3v) is 4.77. The number of aryl methyl sites for hydroxylation is 3. The summed E-state index contributed by atoms with van der Waals surface area (Å²) in [6.07, 6.45) is -0.678. The van der Waals surface area contributed by atoms with Gasteiger partial charge in [0.25, 0.3) is 5.91 Å². The number of hydrogen-bond donors (Lipinski definition) is 0. The van der Waals surface area contributed by atoms with Crippen LogP contribution < -0.4 is 0 Å². The highest BCUT2D eigenvalue weighted by molar-refractivity contribution is 6.41. The number of rotatable bonds is 6. The van der Waals surface area contributed by atoms with Crippen LogP contribution in [0.3, 0.4) is 0 Å². The summed E-state index contributed by atoms with van der Waals surface area (Å²) in [5.41, 5.74) is 2.72. The van der Waals surface area contributed by atoms with E-state index in [0.29, 0.717) is 5.56 Å². The van der Waals surface area contributed by atoms with Crippen LogP contribution >= 0.6 is 11.6 Å². The van der Waals surface area contributed by atoms with Crippen molar-refractivity contribution in [3.8, 4) is 0 Å². The van der Waals surface area contributed by atoms with Crippen LogP contribution in [-0.2, 0) is 23.9 Å². The van der Waals surface area contributed by atoms with E-state index in [9.17, 15) is 9.59 Å². The topological polar surface area (TPSA) is 65.1 Å². The summed E-state index contributed by atoms with van der Waals surface area (Å²) >= 11 is 5.72. The van der Waals surface area contributed by atoms with E-state index in [1.54, 1.807) is 20.8 Å². The highest BCUT2D eigenvalue weighted by Gasteiger charge is 2.50. The second-order valence-corrected chi connectivity index (χ2v) is 7.80. The van der Waals surface area contributed by atoms with E-state index in [-0.39, 0.29) is 16.4 Å². The molecule has 0 spiro atoms. The Hall–Kier alpha value is -2.15. The number of amides is 1. The molecule has 1 aromatic rings. The Balaban J connectivity index is 2.72. The van der Waals surface area contributed by atoms with Crippen molar-refractivity contribution in [1.82, 2.24) is 5.06 Å². The molecule has 0 bridgehead atoms. The first-order valence-electron chi connectivity index (χ1n) is 8.85. The Morgan fingerprint density at radius 2 is 1.75 bits per heavy atom. The Labute approximate surface area is 170 Å². The van der Waals surface area contributed by atoms with Crippen molar-refractivity contribution in [2.24, 2.45) is 0 Å². The minimum absolute atomic E-state index is 0.155. The van der Waals surface area contributed by atoms with Gasteiger partial charge in [-0.05, 0) is 58.2 Å². The van der Waals surface area contributed by atoms with Gasteiger partial charge < -0.3 is 9.47 Å². The summed E-state index contributed by atoms with van der Waals surface area (Å²) in [5, 5.41) is 0.895. The molecule has 1 atom stereocenters. The molecule has 1 amide bonds. The zero-order valence-corrected chi connectivity index (χ0v) is 18.1. The lowest BCUT2D eigenvalue weighted by Gasteiger charge is -2.33. The molecule has 1 unspecified atom stereocenters. The Morgan fingerprint density at radius 3 is 2.21 bits per heavy atom. The zero-order valence-electron chi connectivity index (χ0n) is 17.3. The third kappa shape index (κ3) is 3.99. The minimum Gasteiger partial charge on any atom is -0.423 e. The minimum atomic E-state index is -1.08. The molecule has 6 nitrogen and oxygen atoms in total. The Kier molecular flexibility index (Phi) is 6.38. The van der Waals surface area contributed by atoms with Crippen LogP contribution in [0.4, 0.5) is 0 Å². The monoisotopic (exact) mass is 407 g/mol. The quantitative estimate of drug-likeness (QED) is 0.402. The van der Waals surface area contributed by atoms with Crippen molar-refractivity contribution >= 4 is 29.1 Å². The highest BCUT2D eigenvalue weighted by Crippen LogP contribution is 2.43. The van der Waals surface area contributed by atoms with Gasteiger partial charge in [0, 0.05) is 7.11 Å². The summed E-state index contributed by atoms with van der Waals surface area (Å²) in [4.78, 5) is 31.2. The number of hydroxylamine groups is 2. The van der Waals surface area contributed by atoms with Gasteiger partial charge in [-0.2, -0.15) is 0 Å². The summed E-state index contributed by atoms with van der Waals surface area (Å²) < 4.78 is 10.7. The normalized spacial score (nSPS) is 17.1. The highest BCUT2D eigenvalue weighted by atomic mass is 35.5. The van der Waals surface area contributed by atoms with E-state index in [2.05, 4.69) is 6.58 Å². The summed E-state index contributed by atoms with van der Waals surface area (Å²) in [7, 11) is 1.47. The van der Waals surface area contributed by atoms with Gasteiger partial charge in [-0.15, -0.1) is 0 Å². The maximum atomic E-state index is 13.4. The van der Waals surface area contributed by atoms with Crippen LogP contribution in [-0.4, -0.2) is 35.9 Å². The first-order chi connectivity index (χ1) is 12.9. The number of hydrogen-bond acceptors (Lipinski definition) is 5. The van der Waals surface area contributed by atoms with E-state index in [1.165, 1.54) is 12.2 Å². The molecule has 152 valence electrons. The Bertz CT molecular complexity index is 849. The van der Waals surface area contributed by atoms with Gasteiger partial charge >= 0.3 is 5.97 Å². The number of halogens is 1. The van der Waals surface area contributed by atoms with E-state index in [0.717, 1.165) is 16.7 Å². The summed E-state index contributed by atoms with van der Waals surface area (Å²) in [6.45, 7) is 14.3. The lowest BCUT2D eigenvalue weighted by molar-refractivity contribution is -0.276. The van der Waals surface area contributed by atoms with Gasteiger partial charge in [-0.1, -0.05) is 35.9 Å². The van der Waals surface area contributed by atoms with Crippen LogP contribution in [0.25, 0.3) is 5.57 Å². The summed E-state index contributed by atoms with van der Waals surface area (Å²) in [6, 6.07) is 3.94. The molecule has 0 aromatic heterocycles. The van der Waals surface area contributed by atoms with E-state index < -0.39 is 23.7 Å². The van der Waals surface area contributed by atoms with E-state index >= 15 is 0 Å². The molecule has 28 heavy (non-hydrogen) atoms. The largest absolute Gasteiger partial charge is 0.423 e. The molecular formula is C21H26ClNO5. The van der Waals surface area contributed by atoms with Crippen LogP contribution in [0.1, 0.15) is 43.0 Å². The van der Waals surface area contributed by atoms with Crippen molar-refractivity contribution in [2.45, 2.75) is 53.4 Å². The van der Waals surface area contributed by atoms with Gasteiger partial charge in [0.1, 0.15) is 16.3 Å². The van der Waals surface area contributed by atoms with Crippen molar-refractivity contribution in [3.05, 3.63) is 51.8 Å². The number of ether oxygens (including phenoxy) is 2. The standard InChI is InChI=1S/C21H26ClNO5/c1-11-9-12(2)16(13(3)10-11)17-18(27-20(25)14(4)22)21(6,7)23(19(17)24)28-15(5)26-8/h9-10,15H,4H2,1-3,5-8H3. The number of benzene rings is 1. The fraction of sp³-hybridized carbons (Fsp3) is 0.429. The van der Waals surface area contributed by atoms with E-state index in [1.807, 2.05) is 32.9 Å². The van der Waals surface area contributed by atoms with Gasteiger partial charge in [0.15, 0.2) is 6.29 Å². The smallest absolute Gasteiger partial charge is 0.354 e. The maximum absolute atomic E-state index is 13.4. The van der Waals surface area contributed by atoms with Crippen molar-refractivity contribution < 1.29 is 23.9 Å². The van der Waals surface area contributed by atoms with Crippen LogP contribution in [0.5, 0.6) is 0 Å². The average Bonchev–Trinajstić information content (AvgIpc) is 2.75. The molecule has 1 aliphatic rings. The molecule has 0 saturated carbocycles. The summed E-state index contributed by atoms with van der Waals surface area (Å²) in [5.74, 6) is -1.09. The average molecular weight is 408 g/mol. The van der Waals surface area contributed by atoms with Crippen molar-refractivity contribution in [2.75, 3.05) is 7.11 Å². The van der Waals surface area contributed by atoms with E-state index in [4.69, 9.17) is 25.9 Å². The molecule has 1 aliphatic heterocycles. The fourth-order valence-electron chi connectivity index (χ4n) is 3.34. The van der Waals surface area contributed by atoms with Crippen molar-refractivity contribution in [1.29, 1.82) is 0 Å². The first-order valence-corrected chi connectivity index (χ1v) is 9.23. The van der Waals surface area contributed by atoms with Gasteiger partial charge in [0.2, 0.25) is 0 Å². The number of methoxy groups -OCH3 is 1. The lowest BCUT2D eigenvalue weighted by Crippen LogP contribution is -2.46. The zero-order chi connectivity index (χ0) is 21.4. The maximum Gasteiger partial charge on any atom is 0.354 e. The second-order valence-electron chi connectivity index (χ2n) is 7.34. The van der Waals surface area contributed by atoms with Crippen LogP contribution in [0.15, 0.2) is 29.5 Å². The molecule has 0 aliphatic carbocycles. The first kappa shape index (κ1) is 22.1. The molecule has 0 N–H and O–H groups in total. The molecule has 1 heterocycles. The van der Waals surface area contributed by atoms with Crippen molar-refractivity contribution in [3.63, 3.8) is 0 Å². The molecule has 2 rings (SSSR count). The fourth-order valence-corrected chi connectivity index (χ4v) is 3.38. The Morgan fingerprint density at radius 1 is 1.21 bits per heavy atom. The van der Waals surface area contributed by atoms with Crippen LogP contribution in [0, 0.1) is 20.8 Å². The lowest BCUT2D eigenvalue weighted by atomic mass is 9.91. The van der Waals surface area contributed by atoms with Crippen LogP contribution in [0.2, 0.25) is 0 Å². The number of carbonyl (C=O) groups excluding carboxylic acids is 2. The molecule has 7 heteroatoms. The SMILES string of the molecule is C=C(Cl)C(=O)OC1=C(c2c(C)cc(C)cc2C)C(=O)N(OC(C)OC)C1(C)C. The molecule has 0 saturated heterocycles. The third-order valence-electron chi connectivity index (χ3n) is 4.62. The van der Waals surface area contributed by atoms with Gasteiger partial charge in [-0.3, -0.25) is 4.79 Å². The predicted molar refractivity (Wildman–Crippen MR) is 107 cm³/mol. The number of nitrogens with zero attached hydrogens (tertiary/aromatic N) is 1.